The van der Waals surface area contributed by atoms with Crippen molar-refractivity contribution >= 4 is 0 Å². The van der Waals surface area contributed by atoms with Gasteiger partial charge in [0.25, 0.3) is 5.82 Å². The van der Waals surface area contributed by atoms with Crippen molar-refractivity contribution in [2.45, 2.75) is 91.0 Å². The van der Waals surface area contributed by atoms with Crippen LogP contribution < -0.4 is 4.57 Å². The second-order valence-corrected chi connectivity index (χ2v) is 7.19. The maximum atomic E-state index is 2.50. The fraction of sp³-hybridized carbons (Fsp3) is 0.609. The second kappa shape index (κ2) is 11.9. The molecule has 0 spiro atoms. The molecule has 138 valence electrons. The normalized spacial score (nSPS) is 11.1. The number of aromatic nitrogens is 2. The van der Waals surface area contributed by atoms with Crippen molar-refractivity contribution in [1.29, 1.82) is 0 Å². The standard InChI is InChI=1S/C23H37N2/c1-3-5-7-9-10-15-19-24-20-21-25(22-16-12-11-13-17-22)23(24)18-14-8-6-4-2/h11-13,16-17,20-21H,3-10,14-15,18-19H2,1-2H3/q+1. The van der Waals surface area contributed by atoms with Crippen LogP contribution >= 0.6 is 0 Å². The highest BCUT2D eigenvalue weighted by Crippen LogP contribution is 2.13. The summed E-state index contributed by atoms with van der Waals surface area (Å²) in [5.74, 6) is 1.47. The molecule has 2 aromatic rings. The summed E-state index contributed by atoms with van der Waals surface area (Å²) in [5.41, 5.74) is 1.29. The van der Waals surface area contributed by atoms with Gasteiger partial charge in [0, 0.05) is 6.42 Å². The summed E-state index contributed by atoms with van der Waals surface area (Å²) >= 11 is 0. The maximum Gasteiger partial charge on any atom is 0.261 e. The van der Waals surface area contributed by atoms with Crippen LogP contribution in [0.15, 0.2) is 42.7 Å². The summed E-state index contributed by atoms with van der Waals surface area (Å²) in [6.45, 7) is 5.73. The van der Waals surface area contributed by atoms with Crippen molar-refractivity contribution in [3.63, 3.8) is 0 Å². The van der Waals surface area contributed by atoms with Crippen molar-refractivity contribution in [3.05, 3.63) is 48.5 Å². The van der Waals surface area contributed by atoms with Gasteiger partial charge in [0.1, 0.15) is 18.1 Å². The number of rotatable bonds is 13. The summed E-state index contributed by atoms with van der Waals surface area (Å²) in [7, 11) is 0. The van der Waals surface area contributed by atoms with Crippen LogP contribution in [-0.4, -0.2) is 4.57 Å². The highest BCUT2D eigenvalue weighted by Gasteiger charge is 2.17. The number of unbranched alkanes of at least 4 members (excludes halogenated alkanes) is 8. The van der Waals surface area contributed by atoms with E-state index in [4.69, 9.17) is 0 Å². The van der Waals surface area contributed by atoms with Gasteiger partial charge < -0.3 is 0 Å². The highest BCUT2D eigenvalue weighted by molar-refractivity contribution is 5.31. The van der Waals surface area contributed by atoms with Gasteiger partial charge >= 0.3 is 0 Å². The van der Waals surface area contributed by atoms with Crippen molar-refractivity contribution in [1.82, 2.24) is 4.57 Å². The first-order valence-electron chi connectivity index (χ1n) is 10.5. The van der Waals surface area contributed by atoms with Crippen LogP contribution in [0.3, 0.4) is 0 Å². The Morgan fingerprint density at radius 3 is 2.12 bits per heavy atom. The molecule has 0 aliphatic rings. The summed E-state index contributed by atoms with van der Waals surface area (Å²) in [6, 6.07) is 10.8. The predicted octanol–water partition coefficient (Wildman–Crippen LogP) is 6.25. The first kappa shape index (κ1) is 19.8. The van der Waals surface area contributed by atoms with Crippen molar-refractivity contribution in [2.24, 2.45) is 0 Å². The second-order valence-electron chi connectivity index (χ2n) is 7.19. The quantitative estimate of drug-likeness (QED) is 0.301. The Morgan fingerprint density at radius 2 is 1.40 bits per heavy atom. The molecule has 0 atom stereocenters. The van der Waals surface area contributed by atoms with Gasteiger partial charge in [-0.2, -0.15) is 4.57 Å². The zero-order valence-electron chi connectivity index (χ0n) is 16.4. The highest BCUT2D eigenvalue weighted by atomic mass is 15.1. The third-order valence-electron chi connectivity index (χ3n) is 5.05. The molecule has 25 heavy (non-hydrogen) atoms. The average molecular weight is 342 g/mol. The molecule has 2 rings (SSSR count). The van der Waals surface area contributed by atoms with Crippen LogP contribution in [-0.2, 0) is 13.0 Å². The van der Waals surface area contributed by atoms with E-state index in [-0.39, 0.29) is 0 Å². The third kappa shape index (κ3) is 6.68. The fourth-order valence-electron chi connectivity index (χ4n) is 3.52. The molecule has 0 aliphatic carbocycles. The smallest absolute Gasteiger partial charge is 0.234 e. The van der Waals surface area contributed by atoms with Gasteiger partial charge in [0.2, 0.25) is 0 Å². The first-order valence-corrected chi connectivity index (χ1v) is 10.5. The lowest BCUT2D eigenvalue weighted by molar-refractivity contribution is -0.704. The number of para-hydroxylation sites is 1. The minimum absolute atomic E-state index is 1.16. The zero-order chi connectivity index (χ0) is 17.7. The van der Waals surface area contributed by atoms with Gasteiger partial charge in [-0.15, -0.1) is 0 Å². The maximum absolute atomic E-state index is 2.50. The van der Waals surface area contributed by atoms with Gasteiger partial charge in [0.15, 0.2) is 0 Å². The Balaban J connectivity index is 1.98. The molecule has 0 bridgehead atoms. The van der Waals surface area contributed by atoms with Crippen molar-refractivity contribution in [2.75, 3.05) is 0 Å². The largest absolute Gasteiger partial charge is 0.261 e. The number of nitrogens with zero attached hydrogens (tertiary/aromatic N) is 2. The molecule has 0 saturated heterocycles. The van der Waals surface area contributed by atoms with Crippen LogP contribution in [0, 0.1) is 0 Å². The van der Waals surface area contributed by atoms with E-state index >= 15 is 0 Å². The van der Waals surface area contributed by atoms with E-state index in [0.29, 0.717) is 0 Å². The number of imidazole rings is 1. The summed E-state index contributed by atoms with van der Waals surface area (Å²) in [6.07, 6.45) is 19.2. The van der Waals surface area contributed by atoms with Crippen molar-refractivity contribution in [3.8, 4) is 5.69 Å². The average Bonchev–Trinajstić information content (AvgIpc) is 3.05. The summed E-state index contributed by atoms with van der Waals surface area (Å²) in [5, 5.41) is 0. The van der Waals surface area contributed by atoms with Gasteiger partial charge in [-0.25, -0.2) is 4.57 Å². The van der Waals surface area contributed by atoms with E-state index in [0.717, 1.165) is 6.54 Å². The van der Waals surface area contributed by atoms with Gasteiger partial charge in [-0.3, -0.25) is 0 Å². The first-order chi connectivity index (χ1) is 12.4. The topological polar surface area (TPSA) is 8.81 Å². The van der Waals surface area contributed by atoms with Crippen molar-refractivity contribution < 1.29 is 4.57 Å². The van der Waals surface area contributed by atoms with Crippen LogP contribution in [0.4, 0.5) is 0 Å². The zero-order valence-corrected chi connectivity index (χ0v) is 16.4. The molecule has 1 heterocycles. The van der Waals surface area contributed by atoms with Crippen LogP contribution in [0.1, 0.15) is 83.9 Å². The summed E-state index contributed by atoms with van der Waals surface area (Å²) < 4.78 is 4.89. The number of aryl methyl sites for hydroxylation is 1. The SMILES string of the molecule is CCCCCCCC[n+]1ccn(-c2ccccc2)c1CCCCCC. The van der Waals surface area contributed by atoms with E-state index in [2.05, 4.69) is 65.7 Å². The Morgan fingerprint density at radius 1 is 0.760 bits per heavy atom. The lowest BCUT2D eigenvalue weighted by Crippen LogP contribution is -2.37. The third-order valence-corrected chi connectivity index (χ3v) is 5.05. The van der Waals surface area contributed by atoms with Crippen LogP contribution in [0.25, 0.3) is 5.69 Å². The van der Waals surface area contributed by atoms with Gasteiger partial charge in [0.05, 0.1) is 6.54 Å². The molecule has 0 radical (unpaired) electrons. The van der Waals surface area contributed by atoms with E-state index < -0.39 is 0 Å². The fourth-order valence-corrected chi connectivity index (χ4v) is 3.52. The number of benzene rings is 1. The molecule has 0 fully saturated rings. The Bertz CT molecular complexity index is 571. The molecular formula is C23H37N2+. The monoisotopic (exact) mass is 341 g/mol. The van der Waals surface area contributed by atoms with Gasteiger partial charge in [-0.1, -0.05) is 77.0 Å². The van der Waals surface area contributed by atoms with E-state index in [1.54, 1.807) is 0 Å². The molecule has 2 nitrogen and oxygen atoms in total. The van der Waals surface area contributed by atoms with Crippen LogP contribution in [0.2, 0.25) is 0 Å². The molecule has 2 heteroatoms. The molecule has 0 saturated carbocycles. The van der Waals surface area contributed by atoms with Gasteiger partial charge in [-0.05, 0) is 31.4 Å². The predicted molar refractivity (Wildman–Crippen MR) is 107 cm³/mol. The van der Waals surface area contributed by atoms with E-state index in [1.807, 2.05) is 0 Å². The number of hydrogen-bond acceptors (Lipinski definition) is 0. The molecule has 0 aliphatic heterocycles. The molecule has 1 aromatic heterocycles. The lowest BCUT2D eigenvalue weighted by Gasteiger charge is -2.06. The van der Waals surface area contributed by atoms with E-state index in [1.165, 1.54) is 82.1 Å². The Kier molecular flexibility index (Phi) is 9.40. The number of hydrogen-bond donors (Lipinski definition) is 0. The molecular weight excluding hydrogens is 304 g/mol. The molecule has 0 N–H and O–H groups in total. The molecule has 1 aromatic carbocycles. The van der Waals surface area contributed by atoms with E-state index in [9.17, 15) is 0 Å². The molecule has 0 unspecified atom stereocenters. The Hall–Kier alpha value is -1.57. The molecule has 0 amide bonds. The minimum Gasteiger partial charge on any atom is -0.234 e. The van der Waals surface area contributed by atoms with Crippen LogP contribution in [0.5, 0.6) is 0 Å². The summed E-state index contributed by atoms with van der Waals surface area (Å²) in [4.78, 5) is 0. The Labute approximate surface area is 154 Å². The lowest BCUT2D eigenvalue weighted by atomic mass is 10.1. The minimum atomic E-state index is 1.16.